The Bertz CT molecular complexity index is 1170. The topological polar surface area (TPSA) is 91.3 Å². The molecule has 2 aromatic heterocycles. The third kappa shape index (κ3) is 3.96. The van der Waals surface area contributed by atoms with Gasteiger partial charge in [0.25, 0.3) is 5.56 Å². The molecule has 1 aliphatic rings. The van der Waals surface area contributed by atoms with Crippen LogP contribution in [-0.2, 0) is 16.4 Å². The van der Waals surface area contributed by atoms with Crippen LogP contribution in [0.3, 0.4) is 0 Å². The second-order valence-electron chi connectivity index (χ2n) is 7.68. The number of nitrogens with one attached hydrogen (secondary N) is 1. The molecule has 158 valence electrons. The fourth-order valence-corrected chi connectivity index (χ4v) is 5.07. The summed E-state index contributed by atoms with van der Waals surface area (Å²) in [6, 6.07) is 12.7. The molecule has 0 bridgehead atoms. The molecule has 1 fully saturated rings. The Morgan fingerprint density at radius 2 is 1.97 bits per heavy atom. The predicted molar refractivity (Wildman–Crippen MR) is 114 cm³/mol. The van der Waals surface area contributed by atoms with Crippen molar-refractivity contribution in [3.8, 4) is 5.82 Å². The van der Waals surface area contributed by atoms with Gasteiger partial charge >= 0.3 is 0 Å². The molecule has 4 rings (SSSR count). The van der Waals surface area contributed by atoms with Crippen molar-refractivity contribution < 1.29 is 8.42 Å². The van der Waals surface area contributed by atoms with Crippen LogP contribution in [0.4, 0.5) is 0 Å². The van der Waals surface area contributed by atoms with Gasteiger partial charge < -0.3 is 4.90 Å². The Kier molecular flexibility index (Phi) is 5.59. The molecule has 0 radical (unpaired) electrons. The van der Waals surface area contributed by atoms with Crippen molar-refractivity contribution in [1.29, 1.82) is 0 Å². The van der Waals surface area contributed by atoms with Crippen LogP contribution >= 0.6 is 0 Å². The van der Waals surface area contributed by atoms with Crippen molar-refractivity contribution in [3.63, 3.8) is 0 Å². The van der Waals surface area contributed by atoms with Crippen molar-refractivity contribution >= 4 is 10.0 Å². The smallest absolute Gasteiger partial charge is 0.276 e. The molecule has 0 aliphatic carbocycles. The Balaban J connectivity index is 1.55. The molecule has 8 nitrogen and oxygen atoms in total. The number of hydrogen-bond donors (Lipinski definition) is 1. The van der Waals surface area contributed by atoms with Crippen molar-refractivity contribution in [2.24, 2.45) is 0 Å². The maximum Gasteiger partial charge on any atom is 0.276 e. The third-order valence-corrected chi connectivity index (χ3v) is 7.48. The molecule has 1 N–H and O–H groups in total. The maximum atomic E-state index is 12.9. The Hall–Kier alpha value is -2.75. The Labute approximate surface area is 175 Å². The molecule has 3 heterocycles. The van der Waals surface area contributed by atoms with Crippen LogP contribution in [-0.4, -0.2) is 65.6 Å². The number of sulfonamides is 1. The molecule has 1 unspecified atom stereocenters. The van der Waals surface area contributed by atoms with Crippen LogP contribution < -0.4 is 5.56 Å². The van der Waals surface area contributed by atoms with Crippen LogP contribution in [0.1, 0.15) is 17.5 Å². The van der Waals surface area contributed by atoms with E-state index < -0.39 is 10.0 Å². The number of rotatable bonds is 6. The van der Waals surface area contributed by atoms with E-state index in [0.717, 1.165) is 18.5 Å². The number of hydrogen-bond acceptors (Lipinski definition) is 5. The van der Waals surface area contributed by atoms with E-state index in [0.29, 0.717) is 24.3 Å². The number of aromatic amines is 1. The van der Waals surface area contributed by atoms with Gasteiger partial charge in [-0.2, -0.15) is 4.31 Å². The fourth-order valence-electron chi connectivity index (χ4n) is 3.75. The number of aromatic nitrogens is 3. The monoisotopic (exact) mass is 427 g/mol. The van der Waals surface area contributed by atoms with Gasteiger partial charge in [0.05, 0.1) is 0 Å². The van der Waals surface area contributed by atoms with Crippen LogP contribution in [0.15, 0.2) is 64.5 Å². The van der Waals surface area contributed by atoms with Crippen LogP contribution in [0.2, 0.25) is 0 Å². The lowest BCUT2D eigenvalue weighted by Crippen LogP contribution is -2.38. The third-order valence-electron chi connectivity index (χ3n) is 5.59. The molecular formula is C21H25N5O3S. The Morgan fingerprint density at radius 1 is 1.20 bits per heavy atom. The first-order valence-corrected chi connectivity index (χ1v) is 11.3. The molecule has 1 atom stereocenters. The standard InChI is InChI=1S/C21H25N5O3S/c1-24-11-10-18(15-24)25(2)30(28,29)19-8-9-20(22-14-19)26-21(27)17(13-23-26)12-16-6-4-3-5-7-16/h3-9,13-14,18,23H,10-12,15H2,1-2H3. The van der Waals surface area contributed by atoms with E-state index in [1.54, 1.807) is 19.3 Å². The van der Waals surface area contributed by atoms with E-state index in [4.69, 9.17) is 0 Å². The van der Waals surface area contributed by atoms with Gasteiger partial charge in [-0.15, -0.1) is 0 Å². The lowest BCUT2D eigenvalue weighted by Gasteiger charge is -2.23. The van der Waals surface area contributed by atoms with Gasteiger partial charge in [-0.25, -0.2) is 18.1 Å². The highest BCUT2D eigenvalue weighted by atomic mass is 32.2. The van der Waals surface area contributed by atoms with Gasteiger partial charge in [-0.3, -0.25) is 9.89 Å². The first-order chi connectivity index (χ1) is 14.4. The van der Waals surface area contributed by atoms with E-state index >= 15 is 0 Å². The summed E-state index contributed by atoms with van der Waals surface area (Å²) in [4.78, 5) is 19.2. The lowest BCUT2D eigenvalue weighted by atomic mass is 10.1. The zero-order valence-electron chi connectivity index (χ0n) is 17.0. The zero-order chi connectivity index (χ0) is 21.3. The SMILES string of the molecule is CN1CCC(N(C)S(=O)(=O)c2ccc(-n3[nH]cc(Cc4ccccc4)c3=O)nc2)C1. The van der Waals surface area contributed by atoms with Crippen LogP contribution in [0, 0.1) is 0 Å². The highest BCUT2D eigenvalue weighted by Gasteiger charge is 2.32. The number of H-pyrrole nitrogens is 1. The second kappa shape index (κ2) is 8.17. The average molecular weight is 428 g/mol. The summed E-state index contributed by atoms with van der Waals surface area (Å²) < 4.78 is 28.6. The van der Waals surface area contributed by atoms with Gasteiger partial charge in [0.15, 0.2) is 5.82 Å². The van der Waals surface area contributed by atoms with Gasteiger partial charge in [-0.1, -0.05) is 30.3 Å². The summed E-state index contributed by atoms with van der Waals surface area (Å²) in [5, 5.41) is 2.92. The molecule has 1 saturated heterocycles. The first-order valence-electron chi connectivity index (χ1n) is 9.82. The summed E-state index contributed by atoms with van der Waals surface area (Å²) in [5.74, 6) is 0.349. The molecule has 1 aromatic carbocycles. The number of likely N-dealkylation sites (N-methyl/N-ethyl adjacent to an activating group) is 2. The van der Waals surface area contributed by atoms with Gasteiger partial charge in [0.2, 0.25) is 10.0 Å². The predicted octanol–water partition coefficient (Wildman–Crippen LogP) is 1.48. The summed E-state index contributed by atoms with van der Waals surface area (Å²) in [7, 11) is -0.0512. The van der Waals surface area contributed by atoms with Crippen LogP contribution in [0.25, 0.3) is 5.82 Å². The van der Waals surface area contributed by atoms with E-state index in [9.17, 15) is 13.2 Å². The molecule has 0 amide bonds. The van der Waals surface area contributed by atoms with Crippen molar-refractivity contribution in [1.82, 2.24) is 24.0 Å². The summed E-state index contributed by atoms with van der Waals surface area (Å²) in [5.41, 5.74) is 1.45. The average Bonchev–Trinajstić information content (AvgIpc) is 3.34. The number of benzene rings is 1. The molecule has 3 aromatic rings. The van der Waals surface area contributed by atoms with Crippen molar-refractivity contribution in [2.75, 3.05) is 27.2 Å². The van der Waals surface area contributed by atoms with E-state index in [1.165, 1.54) is 21.3 Å². The largest absolute Gasteiger partial charge is 0.305 e. The second-order valence-corrected chi connectivity index (χ2v) is 9.68. The summed E-state index contributed by atoms with van der Waals surface area (Å²) >= 11 is 0. The Morgan fingerprint density at radius 3 is 2.60 bits per heavy atom. The molecule has 30 heavy (non-hydrogen) atoms. The number of pyridine rings is 1. The van der Waals surface area contributed by atoms with E-state index in [-0.39, 0.29) is 16.5 Å². The maximum absolute atomic E-state index is 12.9. The molecule has 9 heteroatoms. The normalized spacial score (nSPS) is 17.6. The van der Waals surface area contributed by atoms with Crippen LogP contribution in [0.5, 0.6) is 0 Å². The summed E-state index contributed by atoms with van der Waals surface area (Å²) in [6.07, 6.45) is 4.28. The minimum Gasteiger partial charge on any atom is -0.305 e. The van der Waals surface area contributed by atoms with E-state index in [1.807, 2.05) is 37.4 Å². The van der Waals surface area contributed by atoms with E-state index in [2.05, 4.69) is 15.0 Å². The number of nitrogens with zero attached hydrogens (tertiary/aromatic N) is 4. The van der Waals surface area contributed by atoms with Crippen molar-refractivity contribution in [2.45, 2.75) is 23.8 Å². The zero-order valence-corrected chi connectivity index (χ0v) is 17.8. The molecule has 0 spiro atoms. The van der Waals surface area contributed by atoms with Gasteiger partial charge in [0, 0.05) is 44.0 Å². The number of likely N-dealkylation sites (tertiary alicyclic amines) is 1. The minimum absolute atomic E-state index is 0.0498. The molecular weight excluding hydrogens is 402 g/mol. The molecule has 0 saturated carbocycles. The first kappa shape index (κ1) is 20.5. The summed E-state index contributed by atoms with van der Waals surface area (Å²) in [6.45, 7) is 1.59. The minimum atomic E-state index is -3.64. The quantitative estimate of drug-likeness (QED) is 0.643. The highest BCUT2D eigenvalue weighted by Crippen LogP contribution is 2.21. The highest BCUT2D eigenvalue weighted by molar-refractivity contribution is 7.89. The van der Waals surface area contributed by atoms with Gasteiger partial charge in [-0.05, 0) is 37.7 Å². The molecule has 1 aliphatic heterocycles. The van der Waals surface area contributed by atoms with Crippen molar-refractivity contribution in [3.05, 3.63) is 76.3 Å². The van der Waals surface area contributed by atoms with Gasteiger partial charge in [0.1, 0.15) is 4.90 Å². The fraction of sp³-hybridized carbons (Fsp3) is 0.333. The lowest BCUT2D eigenvalue weighted by molar-refractivity contribution is 0.345.